The lowest BCUT2D eigenvalue weighted by atomic mass is 9.59. The second-order valence-electron chi connectivity index (χ2n) is 11.7. The predicted octanol–water partition coefficient (Wildman–Crippen LogP) is 4.51. The minimum atomic E-state index is -3.78. The molecule has 2 aromatic rings. The highest BCUT2D eigenvalue weighted by Gasteiger charge is 2.59. The molecule has 2 aromatic carbocycles. The highest BCUT2D eigenvalue weighted by Crippen LogP contribution is 2.61. The van der Waals surface area contributed by atoms with Gasteiger partial charge in [-0.2, -0.15) is 13.5 Å². The SMILES string of the molecule is COc1cc2c3c(c1Br)O[C@@H]1C/C(=N/NS(=O)(=O)c4ccc(C)cc4)C[C@@H](C)[C@]31C[C@@H](CO)N(CC1CC1)C2. The maximum absolute atomic E-state index is 12.9. The van der Waals surface area contributed by atoms with E-state index < -0.39 is 10.0 Å². The first-order valence-electron chi connectivity index (χ1n) is 13.7. The van der Waals surface area contributed by atoms with Crippen molar-refractivity contribution in [2.24, 2.45) is 16.9 Å². The molecule has 0 bridgehead atoms. The van der Waals surface area contributed by atoms with E-state index in [1.807, 2.05) is 6.92 Å². The van der Waals surface area contributed by atoms with Crippen molar-refractivity contribution in [2.45, 2.75) is 75.0 Å². The molecule has 0 aromatic heterocycles. The molecule has 2 aliphatic carbocycles. The van der Waals surface area contributed by atoms with Gasteiger partial charge in [0.05, 0.1) is 18.6 Å². The number of aliphatic hydroxyl groups excluding tert-OH is 1. The number of nitrogens with one attached hydrogen (secondary N) is 1. The van der Waals surface area contributed by atoms with Crippen molar-refractivity contribution >= 4 is 31.7 Å². The number of aryl methyl sites for hydroxylation is 1. The summed E-state index contributed by atoms with van der Waals surface area (Å²) in [5, 5.41) is 15.0. The van der Waals surface area contributed by atoms with Gasteiger partial charge in [0.25, 0.3) is 10.0 Å². The van der Waals surface area contributed by atoms with Gasteiger partial charge in [-0.1, -0.05) is 24.6 Å². The molecule has 0 saturated heterocycles. The summed E-state index contributed by atoms with van der Waals surface area (Å²) < 4.78 is 39.1. The predicted molar refractivity (Wildman–Crippen MR) is 153 cm³/mol. The number of hydrazone groups is 1. The number of aliphatic hydroxyl groups is 1. The highest BCUT2D eigenvalue weighted by molar-refractivity contribution is 9.10. The Morgan fingerprint density at radius 2 is 2.00 bits per heavy atom. The molecule has 2 fully saturated rings. The van der Waals surface area contributed by atoms with Crippen LogP contribution in [0.15, 0.2) is 44.8 Å². The topological polar surface area (TPSA) is 100 Å². The van der Waals surface area contributed by atoms with E-state index in [0.717, 1.165) is 46.8 Å². The Morgan fingerprint density at radius 1 is 1.26 bits per heavy atom. The van der Waals surface area contributed by atoms with E-state index in [-0.39, 0.29) is 35.0 Å². The van der Waals surface area contributed by atoms with Gasteiger partial charge in [-0.05, 0) is 84.1 Å². The Hall–Kier alpha value is -2.14. The van der Waals surface area contributed by atoms with Crippen molar-refractivity contribution < 1.29 is 23.0 Å². The van der Waals surface area contributed by atoms with Gasteiger partial charge in [0, 0.05) is 42.2 Å². The number of hydrogen-bond donors (Lipinski definition) is 2. The standard InChI is InChI=1S/C29H36BrN3O5S/c1-17-4-8-23(9-5-17)39(35,36)32-31-21-10-18(2)29-13-22(16-34)33(14-19-6-7-19)15-20-11-24(37-3)27(30)28(26(20)29)38-25(29)12-21/h4-5,8-9,11,18-19,22,25,32,34H,6-7,10,12-16H2,1-3H3/b31-21+/t18-,22+,25-,29+/m1/s1. The summed E-state index contributed by atoms with van der Waals surface area (Å²) in [4.78, 5) is 5.11. The number of hydrogen-bond acceptors (Lipinski definition) is 7. The zero-order valence-corrected chi connectivity index (χ0v) is 25.0. The molecule has 6 rings (SSSR count). The maximum atomic E-state index is 12.9. The summed E-state index contributed by atoms with van der Waals surface area (Å²) in [6, 6.07) is 8.87. The summed E-state index contributed by atoms with van der Waals surface area (Å²) in [5.41, 5.74) is 3.85. The molecule has 8 nitrogen and oxygen atoms in total. The van der Waals surface area contributed by atoms with Gasteiger partial charge in [-0.15, -0.1) is 0 Å². The van der Waals surface area contributed by atoms with Crippen molar-refractivity contribution in [1.82, 2.24) is 9.73 Å². The number of nitrogens with zero attached hydrogens (tertiary/aromatic N) is 2. The van der Waals surface area contributed by atoms with Crippen LogP contribution in [0, 0.1) is 18.8 Å². The van der Waals surface area contributed by atoms with Crippen molar-refractivity contribution in [3.8, 4) is 11.5 Å². The van der Waals surface area contributed by atoms with Crippen LogP contribution in [0.4, 0.5) is 0 Å². The molecule has 0 unspecified atom stereocenters. The summed E-state index contributed by atoms with van der Waals surface area (Å²) in [6.07, 6.45) is 4.20. The lowest BCUT2D eigenvalue weighted by Crippen LogP contribution is -2.53. The van der Waals surface area contributed by atoms with E-state index >= 15 is 0 Å². The van der Waals surface area contributed by atoms with Crippen LogP contribution in [0.25, 0.3) is 0 Å². The minimum Gasteiger partial charge on any atom is -0.495 e. The van der Waals surface area contributed by atoms with Gasteiger partial charge >= 0.3 is 0 Å². The first-order chi connectivity index (χ1) is 18.7. The van der Waals surface area contributed by atoms with Crippen molar-refractivity contribution in [3.63, 3.8) is 0 Å². The molecule has 2 heterocycles. The fourth-order valence-corrected chi connectivity index (χ4v) is 8.31. The molecule has 4 aliphatic rings. The van der Waals surface area contributed by atoms with Gasteiger partial charge < -0.3 is 14.6 Å². The first-order valence-corrected chi connectivity index (χ1v) is 16.0. The van der Waals surface area contributed by atoms with Crippen LogP contribution < -0.4 is 14.3 Å². The van der Waals surface area contributed by atoms with Gasteiger partial charge in [-0.3, -0.25) is 4.90 Å². The number of sulfonamides is 1. The Bertz CT molecular complexity index is 1410. The van der Waals surface area contributed by atoms with E-state index in [9.17, 15) is 13.5 Å². The molecule has 0 radical (unpaired) electrons. The van der Waals surface area contributed by atoms with Crippen LogP contribution >= 0.6 is 15.9 Å². The molecule has 2 saturated carbocycles. The minimum absolute atomic E-state index is 0.0146. The summed E-state index contributed by atoms with van der Waals surface area (Å²) in [7, 11) is -2.11. The van der Waals surface area contributed by atoms with Crippen LogP contribution in [-0.2, 0) is 22.0 Å². The molecule has 2 aliphatic heterocycles. The molecule has 1 spiro atoms. The van der Waals surface area contributed by atoms with Gasteiger partial charge in [0.15, 0.2) is 0 Å². The average molecular weight is 619 g/mol. The third-order valence-electron chi connectivity index (χ3n) is 9.15. The van der Waals surface area contributed by atoms with Gasteiger partial charge in [-0.25, -0.2) is 4.83 Å². The van der Waals surface area contributed by atoms with E-state index in [4.69, 9.17) is 9.47 Å². The van der Waals surface area contributed by atoms with Crippen molar-refractivity contribution in [2.75, 3.05) is 20.3 Å². The zero-order chi connectivity index (χ0) is 27.5. The third-order valence-corrected chi connectivity index (χ3v) is 11.1. The molecule has 210 valence electrons. The average Bonchev–Trinajstić information content (AvgIpc) is 3.68. The quantitative estimate of drug-likeness (QED) is 0.444. The Labute approximate surface area is 238 Å². The van der Waals surface area contributed by atoms with Gasteiger partial charge in [0.1, 0.15) is 22.1 Å². The highest BCUT2D eigenvalue weighted by atomic mass is 79.9. The van der Waals surface area contributed by atoms with Crippen molar-refractivity contribution in [1.29, 1.82) is 0 Å². The van der Waals surface area contributed by atoms with E-state index in [2.05, 4.69) is 43.8 Å². The molecule has 2 N–H and O–H groups in total. The van der Waals surface area contributed by atoms with E-state index in [0.29, 0.717) is 18.8 Å². The molecule has 4 atom stereocenters. The Morgan fingerprint density at radius 3 is 2.67 bits per heavy atom. The van der Waals surface area contributed by atoms with Crippen LogP contribution in [0.1, 0.15) is 55.7 Å². The molecular weight excluding hydrogens is 582 g/mol. The second-order valence-corrected chi connectivity index (χ2v) is 14.2. The first kappa shape index (κ1) is 27.1. The molecule has 10 heteroatoms. The number of benzene rings is 2. The number of methoxy groups -OCH3 is 1. The second kappa shape index (κ2) is 10.0. The summed E-state index contributed by atoms with van der Waals surface area (Å²) in [5.74, 6) is 2.37. The van der Waals surface area contributed by atoms with E-state index in [1.165, 1.54) is 24.0 Å². The molecular formula is C29H36BrN3O5S. The van der Waals surface area contributed by atoms with Gasteiger partial charge in [0.2, 0.25) is 0 Å². The summed E-state index contributed by atoms with van der Waals surface area (Å²) >= 11 is 3.75. The van der Waals surface area contributed by atoms with Crippen LogP contribution in [-0.4, -0.2) is 56.5 Å². The smallest absolute Gasteiger partial charge is 0.276 e. The molecule has 0 amide bonds. The Balaban J connectivity index is 1.36. The maximum Gasteiger partial charge on any atom is 0.276 e. The van der Waals surface area contributed by atoms with Crippen LogP contribution in [0.2, 0.25) is 0 Å². The van der Waals surface area contributed by atoms with Crippen LogP contribution in [0.3, 0.4) is 0 Å². The molecule has 39 heavy (non-hydrogen) atoms. The van der Waals surface area contributed by atoms with E-state index in [1.54, 1.807) is 31.4 Å². The fourth-order valence-electron chi connectivity index (χ4n) is 6.90. The number of halogens is 1. The lowest BCUT2D eigenvalue weighted by molar-refractivity contribution is 0.0401. The largest absolute Gasteiger partial charge is 0.495 e. The normalized spacial score (nSPS) is 29.4. The fraction of sp³-hybridized carbons (Fsp3) is 0.552. The summed E-state index contributed by atoms with van der Waals surface area (Å²) in [6.45, 7) is 5.95. The monoisotopic (exact) mass is 617 g/mol. The number of rotatable bonds is 7. The lowest BCUT2D eigenvalue weighted by Gasteiger charge is -2.45. The Kier molecular flexibility index (Phi) is 6.97. The van der Waals surface area contributed by atoms with Crippen LogP contribution in [0.5, 0.6) is 11.5 Å². The third kappa shape index (κ3) is 4.67. The zero-order valence-electron chi connectivity index (χ0n) is 22.6. The number of ether oxygens (including phenoxy) is 2. The van der Waals surface area contributed by atoms with Crippen molar-refractivity contribution in [3.05, 3.63) is 51.5 Å².